The Morgan fingerprint density at radius 1 is 1.09 bits per heavy atom. The smallest absolute Gasteiger partial charge is 0.278 e. The van der Waals surface area contributed by atoms with Gasteiger partial charge in [0.2, 0.25) is 10.0 Å². The Bertz CT molecular complexity index is 1330. The number of amides is 1. The maximum Gasteiger partial charge on any atom is 0.278 e. The van der Waals surface area contributed by atoms with Gasteiger partial charge in [-0.05, 0) is 39.0 Å². The number of hydrogen-bond donors (Lipinski definition) is 3. The lowest BCUT2D eigenvalue weighted by Gasteiger charge is -2.22. The summed E-state index contributed by atoms with van der Waals surface area (Å²) in [5.41, 5.74) is 4.54. The van der Waals surface area contributed by atoms with Crippen LogP contribution in [-0.2, 0) is 14.9 Å². The second-order valence-electron chi connectivity index (χ2n) is 7.56. The number of rotatable bonds is 9. The van der Waals surface area contributed by atoms with Crippen LogP contribution >= 0.6 is 15.9 Å². The van der Waals surface area contributed by atoms with Crippen molar-refractivity contribution in [3.8, 4) is 0 Å². The van der Waals surface area contributed by atoms with Crippen molar-refractivity contribution in [2.75, 3.05) is 34.8 Å². The van der Waals surface area contributed by atoms with Gasteiger partial charge in [0.05, 0.1) is 35.5 Å². The Kier molecular flexibility index (Phi) is 8.25. The molecule has 0 fully saturated rings. The molecule has 0 radical (unpaired) electrons. The molecule has 11 nitrogen and oxygen atoms in total. The van der Waals surface area contributed by atoms with Gasteiger partial charge in [-0.15, -0.1) is 0 Å². The molecular weight excluding hydrogens is 538 g/mol. The minimum absolute atomic E-state index is 0.190. The lowest BCUT2D eigenvalue weighted by atomic mass is 10.2. The first-order chi connectivity index (χ1) is 16.5. The fraction of sp³-hybridized carbons (Fsp3) is 0.273. The zero-order valence-corrected chi connectivity index (χ0v) is 22.3. The molecule has 3 aromatic rings. The number of pyridine rings is 1. The summed E-state index contributed by atoms with van der Waals surface area (Å²) in [6.45, 7) is 5.66. The molecule has 0 bridgehead atoms. The van der Waals surface area contributed by atoms with E-state index in [1.807, 2.05) is 6.92 Å². The van der Waals surface area contributed by atoms with Crippen molar-refractivity contribution >= 4 is 60.6 Å². The molecule has 0 aliphatic heterocycles. The molecule has 186 valence electrons. The number of halogens is 1. The summed E-state index contributed by atoms with van der Waals surface area (Å²) in [4.78, 5) is 30.7. The second kappa shape index (κ2) is 11.0. The molecule has 0 saturated heterocycles. The first kappa shape index (κ1) is 26.3. The number of nitrogens with zero attached hydrogens (tertiary/aromatic N) is 4. The van der Waals surface area contributed by atoms with Crippen molar-refractivity contribution in [1.29, 1.82) is 0 Å². The maximum absolute atomic E-state index is 12.7. The fourth-order valence-electron chi connectivity index (χ4n) is 3.11. The highest BCUT2D eigenvalue weighted by molar-refractivity contribution is 9.10. The lowest BCUT2D eigenvalue weighted by Crippen LogP contribution is -2.26. The first-order valence-electron chi connectivity index (χ1n) is 10.5. The first-order valence-corrected chi connectivity index (χ1v) is 13.1. The number of hydrogen-bond acceptors (Lipinski definition) is 9. The molecule has 0 spiro atoms. The van der Waals surface area contributed by atoms with Gasteiger partial charge < -0.3 is 10.6 Å². The molecular formula is C22H26BrN7O4S. The Balaban J connectivity index is 2.06. The molecule has 0 aliphatic carbocycles. The lowest BCUT2D eigenvalue weighted by molar-refractivity contribution is 0.0365. The monoisotopic (exact) mass is 563 g/mol. The third-order valence-corrected chi connectivity index (χ3v) is 6.43. The number of hydroxylamine groups is 1. The number of carbonyl (C=O) groups is 1. The molecule has 3 rings (SSSR count). The molecule has 2 heterocycles. The SMILES string of the molecule is CCONC(=O)c1cnc(Nc2cc(C)nc(C)n2)cc1Nc1ccc(Br)cc1N(C)S(C)(=O)=O. The molecule has 0 saturated carbocycles. The van der Waals surface area contributed by atoms with Crippen molar-refractivity contribution in [2.24, 2.45) is 0 Å². The van der Waals surface area contributed by atoms with E-state index in [0.29, 0.717) is 39.0 Å². The van der Waals surface area contributed by atoms with Gasteiger partial charge in [0.15, 0.2) is 0 Å². The van der Waals surface area contributed by atoms with Gasteiger partial charge in [0, 0.05) is 35.5 Å². The molecule has 35 heavy (non-hydrogen) atoms. The number of aryl methyl sites for hydroxylation is 2. The van der Waals surface area contributed by atoms with Crippen LogP contribution in [-0.4, -0.2) is 49.2 Å². The molecule has 0 atom stereocenters. The highest BCUT2D eigenvalue weighted by atomic mass is 79.9. The third-order valence-electron chi connectivity index (χ3n) is 4.75. The summed E-state index contributed by atoms with van der Waals surface area (Å²) in [5.74, 6) is 1.04. The van der Waals surface area contributed by atoms with Gasteiger partial charge in [-0.25, -0.2) is 28.8 Å². The Morgan fingerprint density at radius 2 is 1.83 bits per heavy atom. The topological polar surface area (TPSA) is 138 Å². The summed E-state index contributed by atoms with van der Waals surface area (Å²) in [5, 5.41) is 6.28. The van der Waals surface area contributed by atoms with E-state index in [4.69, 9.17) is 4.84 Å². The molecule has 0 unspecified atom stereocenters. The van der Waals surface area contributed by atoms with Crippen molar-refractivity contribution in [3.05, 3.63) is 58.1 Å². The average Bonchev–Trinajstić information content (AvgIpc) is 2.77. The Morgan fingerprint density at radius 3 is 2.49 bits per heavy atom. The number of anilines is 5. The van der Waals surface area contributed by atoms with Crippen LogP contribution in [0.2, 0.25) is 0 Å². The van der Waals surface area contributed by atoms with E-state index in [2.05, 4.69) is 47.0 Å². The maximum atomic E-state index is 12.7. The summed E-state index contributed by atoms with van der Waals surface area (Å²) < 4.78 is 26.3. The molecule has 0 aliphatic rings. The van der Waals surface area contributed by atoms with Crippen LogP contribution in [0.3, 0.4) is 0 Å². The molecule has 2 aromatic heterocycles. The molecule has 13 heteroatoms. The Labute approximate surface area is 212 Å². The van der Waals surface area contributed by atoms with Crippen LogP contribution in [0.5, 0.6) is 0 Å². The van der Waals surface area contributed by atoms with E-state index in [-0.39, 0.29) is 12.2 Å². The third kappa shape index (κ3) is 6.87. The number of sulfonamides is 1. The predicted octanol–water partition coefficient (Wildman–Crippen LogP) is 3.82. The van der Waals surface area contributed by atoms with E-state index >= 15 is 0 Å². The van der Waals surface area contributed by atoms with E-state index < -0.39 is 15.9 Å². The van der Waals surface area contributed by atoms with Crippen LogP contribution in [0.25, 0.3) is 0 Å². The van der Waals surface area contributed by atoms with Crippen molar-refractivity contribution in [1.82, 2.24) is 20.4 Å². The fourth-order valence-corrected chi connectivity index (χ4v) is 3.97. The van der Waals surface area contributed by atoms with Gasteiger partial charge in [-0.2, -0.15) is 0 Å². The van der Waals surface area contributed by atoms with Crippen LogP contribution in [0, 0.1) is 13.8 Å². The van der Waals surface area contributed by atoms with Crippen LogP contribution in [0.15, 0.2) is 41.0 Å². The molecule has 1 aromatic carbocycles. The zero-order chi connectivity index (χ0) is 25.8. The summed E-state index contributed by atoms with van der Waals surface area (Å²) >= 11 is 3.38. The van der Waals surface area contributed by atoms with Crippen molar-refractivity contribution in [3.63, 3.8) is 0 Å². The van der Waals surface area contributed by atoms with Gasteiger partial charge in [-0.1, -0.05) is 15.9 Å². The van der Waals surface area contributed by atoms with Crippen LogP contribution in [0.4, 0.5) is 28.7 Å². The average molecular weight is 564 g/mol. The minimum Gasteiger partial charge on any atom is -0.353 e. The Hall–Kier alpha value is -3.29. The molecule has 3 N–H and O–H groups in total. The predicted molar refractivity (Wildman–Crippen MR) is 139 cm³/mol. The summed E-state index contributed by atoms with van der Waals surface area (Å²) in [6.07, 6.45) is 2.50. The van der Waals surface area contributed by atoms with Gasteiger partial charge in [0.25, 0.3) is 5.91 Å². The van der Waals surface area contributed by atoms with E-state index in [1.54, 1.807) is 44.2 Å². The summed E-state index contributed by atoms with van der Waals surface area (Å²) in [7, 11) is -2.10. The number of aromatic nitrogens is 3. The van der Waals surface area contributed by atoms with E-state index in [1.165, 1.54) is 13.2 Å². The normalized spacial score (nSPS) is 11.1. The van der Waals surface area contributed by atoms with Gasteiger partial charge in [0.1, 0.15) is 17.5 Å². The van der Waals surface area contributed by atoms with E-state index in [9.17, 15) is 13.2 Å². The van der Waals surface area contributed by atoms with Crippen LogP contribution in [0.1, 0.15) is 28.8 Å². The highest BCUT2D eigenvalue weighted by Crippen LogP contribution is 2.34. The second-order valence-corrected chi connectivity index (χ2v) is 10.5. The number of carbonyl (C=O) groups excluding carboxylic acids is 1. The molecule has 1 amide bonds. The van der Waals surface area contributed by atoms with E-state index in [0.717, 1.165) is 16.3 Å². The number of benzene rings is 1. The van der Waals surface area contributed by atoms with Gasteiger partial charge >= 0.3 is 0 Å². The minimum atomic E-state index is -3.55. The summed E-state index contributed by atoms with van der Waals surface area (Å²) in [6, 6.07) is 8.52. The van der Waals surface area contributed by atoms with Gasteiger partial charge in [-0.3, -0.25) is 13.9 Å². The standard InChI is InChI=1S/C22H26BrN7O4S/c1-6-34-29-22(31)16-12-24-20(28-21-9-13(2)25-14(3)26-21)11-18(16)27-17-8-7-15(23)10-19(17)30(4)35(5,32)33/h7-12H,6H2,1-5H3,(H,29,31)(H2,24,25,26,27,28). The number of nitrogens with one attached hydrogen (secondary N) is 3. The zero-order valence-electron chi connectivity index (χ0n) is 19.9. The quantitative estimate of drug-likeness (QED) is 0.331. The highest BCUT2D eigenvalue weighted by Gasteiger charge is 2.20. The van der Waals surface area contributed by atoms with Crippen molar-refractivity contribution < 1.29 is 18.0 Å². The van der Waals surface area contributed by atoms with Crippen molar-refractivity contribution in [2.45, 2.75) is 20.8 Å². The largest absolute Gasteiger partial charge is 0.353 e. The van der Waals surface area contributed by atoms with Crippen LogP contribution < -0.4 is 20.4 Å².